The standard InChI is InChI=1S/C15H26N2O3S/c1-6-16-14-7-12(3)15(13(4)8-14)21(18,19)17-9-11(2)10-20-5/h7-8,11,16-17H,6,9-10H2,1-5H3. The molecule has 0 aliphatic carbocycles. The number of rotatable bonds is 8. The van der Waals surface area contributed by atoms with E-state index in [9.17, 15) is 8.42 Å². The predicted molar refractivity (Wildman–Crippen MR) is 86.3 cm³/mol. The number of sulfonamides is 1. The van der Waals surface area contributed by atoms with Gasteiger partial charge in [0.05, 0.1) is 4.90 Å². The maximum absolute atomic E-state index is 12.5. The van der Waals surface area contributed by atoms with Crippen LogP contribution in [0.15, 0.2) is 17.0 Å². The topological polar surface area (TPSA) is 67.4 Å². The van der Waals surface area contributed by atoms with Crippen molar-refractivity contribution in [3.63, 3.8) is 0 Å². The number of hydrogen-bond donors (Lipinski definition) is 2. The lowest BCUT2D eigenvalue weighted by atomic mass is 10.1. The van der Waals surface area contributed by atoms with Crippen LogP contribution in [0.25, 0.3) is 0 Å². The molecule has 6 heteroatoms. The summed E-state index contributed by atoms with van der Waals surface area (Å²) in [5, 5.41) is 3.20. The van der Waals surface area contributed by atoms with Crippen LogP contribution in [-0.2, 0) is 14.8 Å². The van der Waals surface area contributed by atoms with Gasteiger partial charge in [0, 0.05) is 32.5 Å². The van der Waals surface area contributed by atoms with Crippen LogP contribution < -0.4 is 10.0 Å². The quantitative estimate of drug-likeness (QED) is 0.772. The van der Waals surface area contributed by atoms with E-state index < -0.39 is 10.0 Å². The molecule has 0 aliphatic rings. The van der Waals surface area contributed by atoms with Gasteiger partial charge in [-0.15, -0.1) is 0 Å². The summed E-state index contributed by atoms with van der Waals surface area (Å²) in [4.78, 5) is 0.369. The fourth-order valence-corrected chi connectivity index (χ4v) is 3.96. The molecule has 0 radical (unpaired) electrons. The average Bonchev–Trinajstić information content (AvgIpc) is 2.36. The molecule has 5 nitrogen and oxygen atoms in total. The van der Waals surface area contributed by atoms with E-state index in [1.165, 1.54) is 0 Å². The molecule has 1 unspecified atom stereocenters. The van der Waals surface area contributed by atoms with E-state index in [4.69, 9.17) is 4.74 Å². The van der Waals surface area contributed by atoms with Crippen molar-refractivity contribution in [1.82, 2.24) is 4.72 Å². The van der Waals surface area contributed by atoms with E-state index in [1.54, 1.807) is 7.11 Å². The van der Waals surface area contributed by atoms with Crippen molar-refractivity contribution < 1.29 is 13.2 Å². The molecule has 0 aromatic heterocycles. The highest BCUT2D eigenvalue weighted by Crippen LogP contribution is 2.24. The smallest absolute Gasteiger partial charge is 0.241 e. The number of nitrogens with one attached hydrogen (secondary N) is 2. The molecular weight excluding hydrogens is 288 g/mol. The first kappa shape index (κ1) is 17.9. The SMILES string of the molecule is CCNc1cc(C)c(S(=O)(=O)NCC(C)COC)c(C)c1. The fraction of sp³-hybridized carbons (Fsp3) is 0.600. The Morgan fingerprint density at radius 1 is 1.24 bits per heavy atom. The van der Waals surface area contributed by atoms with E-state index in [0.29, 0.717) is 18.0 Å². The molecule has 1 aromatic carbocycles. The number of benzene rings is 1. The van der Waals surface area contributed by atoms with Crippen LogP contribution in [0.2, 0.25) is 0 Å². The van der Waals surface area contributed by atoms with Gasteiger partial charge in [-0.1, -0.05) is 6.92 Å². The second-order valence-electron chi connectivity index (χ2n) is 5.38. The van der Waals surface area contributed by atoms with Gasteiger partial charge in [0.15, 0.2) is 0 Å². The summed E-state index contributed by atoms with van der Waals surface area (Å²) < 4.78 is 32.6. The zero-order chi connectivity index (χ0) is 16.0. The van der Waals surface area contributed by atoms with E-state index in [1.807, 2.05) is 39.8 Å². The third-order valence-electron chi connectivity index (χ3n) is 3.18. The van der Waals surface area contributed by atoms with Gasteiger partial charge >= 0.3 is 0 Å². The number of ether oxygens (including phenoxy) is 1. The molecule has 0 saturated heterocycles. The van der Waals surface area contributed by atoms with Gasteiger partial charge in [-0.2, -0.15) is 0 Å². The maximum atomic E-state index is 12.5. The highest BCUT2D eigenvalue weighted by Gasteiger charge is 2.20. The Kier molecular flexibility index (Phi) is 6.64. The minimum absolute atomic E-state index is 0.131. The van der Waals surface area contributed by atoms with E-state index >= 15 is 0 Å². The number of hydrogen-bond acceptors (Lipinski definition) is 4. The molecule has 0 spiro atoms. The molecule has 0 heterocycles. The molecule has 1 aromatic rings. The molecule has 0 amide bonds. The van der Waals surface area contributed by atoms with Crippen molar-refractivity contribution in [3.05, 3.63) is 23.3 Å². The van der Waals surface area contributed by atoms with Gasteiger partial charge in [0.2, 0.25) is 10.0 Å². The molecule has 2 N–H and O–H groups in total. The van der Waals surface area contributed by atoms with Gasteiger partial charge in [-0.3, -0.25) is 0 Å². The summed E-state index contributed by atoms with van der Waals surface area (Å²) in [6, 6.07) is 3.73. The lowest BCUT2D eigenvalue weighted by molar-refractivity contribution is 0.161. The monoisotopic (exact) mass is 314 g/mol. The molecule has 21 heavy (non-hydrogen) atoms. The minimum atomic E-state index is -3.50. The molecule has 0 bridgehead atoms. The van der Waals surface area contributed by atoms with Crippen LogP contribution in [0.4, 0.5) is 5.69 Å². The van der Waals surface area contributed by atoms with Gasteiger partial charge in [-0.05, 0) is 49.9 Å². The zero-order valence-electron chi connectivity index (χ0n) is 13.5. The first-order chi connectivity index (χ1) is 9.81. The maximum Gasteiger partial charge on any atom is 0.241 e. The predicted octanol–water partition coefficient (Wildman–Crippen LogP) is 2.30. The Labute approximate surface area is 128 Å². The number of aryl methyl sites for hydroxylation is 2. The van der Waals surface area contributed by atoms with Crippen molar-refractivity contribution in [3.8, 4) is 0 Å². The van der Waals surface area contributed by atoms with Gasteiger partial charge in [0.25, 0.3) is 0 Å². The lowest BCUT2D eigenvalue weighted by Crippen LogP contribution is -2.31. The van der Waals surface area contributed by atoms with Crippen molar-refractivity contribution in [2.45, 2.75) is 32.6 Å². The molecule has 120 valence electrons. The van der Waals surface area contributed by atoms with Crippen molar-refractivity contribution in [2.75, 3.05) is 32.1 Å². The Balaban J connectivity index is 2.98. The summed E-state index contributed by atoms with van der Waals surface area (Å²) in [6.45, 7) is 9.29. The minimum Gasteiger partial charge on any atom is -0.385 e. The Morgan fingerprint density at radius 2 is 1.81 bits per heavy atom. The average molecular weight is 314 g/mol. The van der Waals surface area contributed by atoms with E-state index in [0.717, 1.165) is 23.4 Å². The van der Waals surface area contributed by atoms with Crippen molar-refractivity contribution in [2.24, 2.45) is 5.92 Å². The summed E-state index contributed by atoms with van der Waals surface area (Å²) in [7, 11) is -1.89. The molecule has 0 saturated carbocycles. The second-order valence-corrected chi connectivity index (χ2v) is 7.09. The summed E-state index contributed by atoms with van der Waals surface area (Å²) in [6.07, 6.45) is 0. The van der Waals surface area contributed by atoms with E-state index in [-0.39, 0.29) is 5.92 Å². The highest BCUT2D eigenvalue weighted by atomic mass is 32.2. The summed E-state index contributed by atoms with van der Waals surface area (Å²) in [5.41, 5.74) is 2.44. The summed E-state index contributed by atoms with van der Waals surface area (Å²) >= 11 is 0. The lowest BCUT2D eigenvalue weighted by Gasteiger charge is -2.16. The normalized spacial score (nSPS) is 13.2. The van der Waals surface area contributed by atoms with Crippen molar-refractivity contribution >= 4 is 15.7 Å². The van der Waals surface area contributed by atoms with E-state index in [2.05, 4.69) is 10.0 Å². The first-order valence-corrected chi connectivity index (χ1v) is 8.63. The number of anilines is 1. The molecule has 0 aliphatic heterocycles. The molecule has 1 atom stereocenters. The Morgan fingerprint density at radius 3 is 2.29 bits per heavy atom. The third-order valence-corrected chi connectivity index (χ3v) is 4.91. The first-order valence-electron chi connectivity index (χ1n) is 7.15. The van der Waals surface area contributed by atoms with Crippen LogP contribution in [0.1, 0.15) is 25.0 Å². The van der Waals surface area contributed by atoms with Crippen LogP contribution in [-0.4, -0.2) is 35.2 Å². The largest absolute Gasteiger partial charge is 0.385 e. The summed E-state index contributed by atoms with van der Waals surface area (Å²) in [5.74, 6) is 0.131. The van der Waals surface area contributed by atoms with Gasteiger partial charge in [-0.25, -0.2) is 13.1 Å². The molecule has 0 fully saturated rings. The second kappa shape index (κ2) is 7.77. The third kappa shape index (κ3) is 4.98. The van der Waals surface area contributed by atoms with Gasteiger partial charge in [0.1, 0.15) is 0 Å². The Bertz CT molecular complexity index is 547. The van der Waals surface area contributed by atoms with Crippen LogP contribution in [0.3, 0.4) is 0 Å². The highest BCUT2D eigenvalue weighted by molar-refractivity contribution is 7.89. The van der Waals surface area contributed by atoms with Crippen LogP contribution in [0, 0.1) is 19.8 Å². The molecular formula is C15H26N2O3S. The zero-order valence-corrected chi connectivity index (χ0v) is 14.3. The van der Waals surface area contributed by atoms with Crippen LogP contribution >= 0.6 is 0 Å². The van der Waals surface area contributed by atoms with Gasteiger partial charge < -0.3 is 10.1 Å². The van der Waals surface area contributed by atoms with Crippen LogP contribution in [0.5, 0.6) is 0 Å². The fourth-order valence-electron chi connectivity index (χ4n) is 2.35. The Hall–Kier alpha value is -1.11. The number of methoxy groups -OCH3 is 1. The van der Waals surface area contributed by atoms with Crippen molar-refractivity contribution in [1.29, 1.82) is 0 Å². The molecule has 1 rings (SSSR count).